The summed E-state index contributed by atoms with van der Waals surface area (Å²) in [5.74, 6) is -0.126. The fourth-order valence-corrected chi connectivity index (χ4v) is 1.56. The molecule has 0 spiro atoms. The van der Waals surface area contributed by atoms with Crippen LogP contribution in [0.25, 0.3) is 0 Å². The molecule has 0 rings (SSSR count). The Hall–Kier alpha value is -0.0500. The van der Waals surface area contributed by atoms with E-state index >= 15 is 0 Å². The van der Waals surface area contributed by atoms with E-state index in [-0.39, 0.29) is 10.8 Å². The molecule has 2 nitrogen and oxygen atoms in total. The number of rotatable bonds is 7. The van der Waals surface area contributed by atoms with E-state index < -0.39 is 0 Å². The molecule has 0 aliphatic heterocycles. The number of hydrogen-bond acceptors (Lipinski definition) is 2. The van der Waals surface area contributed by atoms with Gasteiger partial charge >= 0.3 is 5.97 Å². The Labute approximate surface area is 89.2 Å². The Kier molecular flexibility index (Phi) is 8.51. The van der Waals surface area contributed by atoms with Gasteiger partial charge in [0.1, 0.15) is 4.83 Å². The average Bonchev–Trinajstić information content (AvgIpc) is 2.12. The smallest absolute Gasteiger partial charge is 0.319 e. The summed E-state index contributed by atoms with van der Waals surface area (Å²) >= 11 is 3.32. The third kappa shape index (κ3) is 7.05. The Morgan fingerprint density at radius 3 is 2.54 bits per heavy atom. The lowest BCUT2D eigenvalue weighted by Crippen LogP contribution is -2.17. The van der Waals surface area contributed by atoms with Gasteiger partial charge in [0.25, 0.3) is 0 Å². The van der Waals surface area contributed by atoms with Gasteiger partial charge in [0.15, 0.2) is 0 Å². The normalized spacial score (nSPS) is 12.5. The average molecular weight is 251 g/mol. The van der Waals surface area contributed by atoms with E-state index in [0.717, 1.165) is 12.8 Å². The van der Waals surface area contributed by atoms with Crippen LogP contribution < -0.4 is 0 Å². The zero-order valence-corrected chi connectivity index (χ0v) is 10.1. The van der Waals surface area contributed by atoms with Crippen LogP contribution in [-0.4, -0.2) is 17.4 Å². The summed E-state index contributed by atoms with van der Waals surface area (Å²) < 4.78 is 4.87. The standard InChI is InChI=1S/C10H19BrO2/c1-3-5-6-7-8-9(11)10(12)13-4-2/h9H,3-8H2,1-2H3/t9-/m0/s1. The monoisotopic (exact) mass is 250 g/mol. The molecule has 0 aliphatic rings. The Bertz CT molecular complexity index is 137. The first-order valence-corrected chi connectivity index (χ1v) is 5.94. The summed E-state index contributed by atoms with van der Waals surface area (Å²) in [5.41, 5.74) is 0. The molecular weight excluding hydrogens is 232 g/mol. The topological polar surface area (TPSA) is 26.3 Å². The minimum absolute atomic E-state index is 0.107. The Morgan fingerprint density at radius 1 is 1.31 bits per heavy atom. The maximum Gasteiger partial charge on any atom is 0.319 e. The number of esters is 1. The molecule has 0 radical (unpaired) electrons. The van der Waals surface area contributed by atoms with E-state index in [1.54, 1.807) is 0 Å². The number of hydrogen-bond donors (Lipinski definition) is 0. The summed E-state index contributed by atoms with van der Waals surface area (Å²) in [5, 5.41) is 0. The molecule has 1 atom stereocenters. The first-order valence-electron chi connectivity index (χ1n) is 5.03. The molecule has 0 N–H and O–H groups in total. The molecule has 13 heavy (non-hydrogen) atoms. The quantitative estimate of drug-likeness (QED) is 0.394. The number of halogens is 1. The number of carbonyl (C=O) groups excluding carboxylic acids is 1. The van der Waals surface area contributed by atoms with E-state index in [0.29, 0.717) is 6.61 Å². The van der Waals surface area contributed by atoms with Gasteiger partial charge in [-0.3, -0.25) is 4.79 Å². The molecule has 0 saturated heterocycles. The first kappa shape index (κ1) is 12.9. The SMILES string of the molecule is CCCCCC[C@H](Br)C(=O)OCC. The van der Waals surface area contributed by atoms with E-state index in [1.807, 2.05) is 6.92 Å². The van der Waals surface area contributed by atoms with Crippen LogP contribution in [0.15, 0.2) is 0 Å². The molecule has 3 heteroatoms. The van der Waals surface area contributed by atoms with Crippen molar-refractivity contribution in [3.05, 3.63) is 0 Å². The molecule has 0 aromatic carbocycles. The van der Waals surface area contributed by atoms with E-state index in [9.17, 15) is 4.79 Å². The highest BCUT2D eigenvalue weighted by molar-refractivity contribution is 9.10. The molecule has 0 fully saturated rings. The van der Waals surface area contributed by atoms with Crippen LogP contribution in [0.4, 0.5) is 0 Å². The summed E-state index contributed by atoms with van der Waals surface area (Å²) in [6.45, 7) is 4.47. The van der Waals surface area contributed by atoms with Crippen LogP contribution in [0.5, 0.6) is 0 Å². The number of ether oxygens (including phenoxy) is 1. The third-order valence-corrected chi connectivity index (χ3v) is 2.69. The van der Waals surface area contributed by atoms with Gasteiger partial charge in [0.05, 0.1) is 6.61 Å². The van der Waals surface area contributed by atoms with Crippen LogP contribution in [0.1, 0.15) is 46.0 Å². The van der Waals surface area contributed by atoms with E-state index in [4.69, 9.17) is 4.74 Å². The maximum absolute atomic E-state index is 11.1. The van der Waals surface area contributed by atoms with Crippen molar-refractivity contribution in [2.24, 2.45) is 0 Å². The molecule has 78 valence electrons. The minimum atomic E-state index is -0.126. The fraction of sp³-hybridized carbons (Fsp3) is 0.900. The lowest BCUT2D eigenvalue weighted by molar-refractivity contribution is -0.142. The molecule has 0 amide bonds. The largest absolute Gasteiger partial charge is 0.465 e. The second kappa shape index (κ2) is 8.54. The van der Waals surface area contributed by atoms with Crippen LogP contribution >= 0.6 is 15.9 Å². The van der Waals surface area contributed by atoms with Gasteiger partial charge in [-0.15, -0.1) is 0 Å². The van der Waals surface area contributed by atoms with Crippen LogP contribution in [0.3, 0.4) is 0 Å². The van der Waals surface area contributed by atoms with Crippen LogP contribution in [0, 0.1) is 0 Å². The summed E-state index contributed by atoms with van der Waals surface area (Å²) in [7, 11) is 0. The highest BCUT2D eigenvalue weighted by Crippen LogP contribution is 2.13. The van der Waals surface area contributed by atoms with Gasteiger partial charge in [0, 0.05) is 0 Å². The molecule has 0 aliphatic carbocycles. The first-order chi connectivity index (χ1) is 6.22. The minimum Gasteiger partial charge on any atom is -0.465 e. The van der Waals surface area contributed by atoms with E-state index in [2.05, 4.69) is 22.9 Å². The molecule has 0 aromatic heterocycles. The predicted octanol–water partition coefficient (Wildman–Crippen LogP) is 3.28. The van der Waals surface area contributed by atoms with Crippen molar-refractivity contribution < 1.29 is 9.53 Å². The molecule has 0 saturated carbocycles. The molecule has 0 unspecified atom stereocenters. The second-order valence-corrected chi connectivity index (χ2v) is 4.17. The molecule has 0 heterocycles. The molecule has 0 aromatic rings. The van der Waals surface area contributed by atoms with Gasteiger partial charge in [-0.2, -0.15) is 0 Å². The lowest BCUT2D eigenvalue weighted by Gasteiger charge is -2.07. The summed E-state index contributed by atoms with van der Waals surface area (Å²) in [6, 6.07) is 0. The van der Waals surface area contributed by atoms with Gasteiger partial charge < -0.3 is 4.74 Å². The number of unbranched alkanes of at least 4 members (excludes halogenated alkanes) is 3. The molecular formula is C10H19BrO2. The van der Waals surface area contributed by atoms with Crippen LogP contribution in [-0.2, 0) is 9.53 Å². The van der Waals surface area contributed by atoms with Gasteiger partial charge in [-0.25, -0.2) is 0 Å². The van der Waals surface area contributed by atoms with Crippen molar-refractivity contribution in [3.8, 4) is 0 Å². The molecule has 0 bridgehead atoms. The van der Waals surface area contributed by atoms with Crippen molar-refractivity contribution in [3.63, 3.8) is 0 Å². The zero-order chi connectivity index (χ0) is 10.1. The number of carbonyl (C=O) groups is 1. The van der Waals surface area contributed by atoms with Crippen LogP contribution in [0.2, 0.25) is 0 Å². The highest BCUT2D eigenvalue weighted by atomic mass is 79.9. The van der Waals surface area contributed by atoms with Crippen molar-refractivity contribution in [2.45, 2.75) is 50.8 Å². The zero-order valence-electron chi connectivity index (χ0n) is 8.51. The van der Waals surface area contributed by atoms with Crippen molar-refractivity contribution >= 4 is 21.9 Å². The van der Waals surface area contributed by atoms with Gasteiger partial charge in [-0.05, 0) is 13.3 Å². The van der Waals surface area contributed by atoms with E-state index in [1.165, 1.54) is 19.3 Å². The number of alkyl halides is 1. The van der Waals surface area contributed by atoms with Crippen molar-refractivity contribution in [2.75, 3.05) is 6.61 Å². The van der Waals surface area contributed by atoms with Crippen molar-refractivity contribution in [1.29, 1.82) is 0 Å². The maximum atomic E-state index is 11.1. The predicted molar refractivity (Wildman–Crippen MR) is 58.1 cm³/mol. The Balaban J connectivity index is 3.38. The highest BCUT2D eigenvalue weighted by Gasteiger charge is 2.14. The van der Waals surface area contributed by atoms with Crippen molar-refractivity contribution in [1.82, 2.24) is 0 Å². The lowest BCUT2D eigenvalue weighted by atomic mass is 10.1. The third-order valence-electron chi connectivity index (χ3n) is 1.85. The summed E-state index contributed by atoms with van der Waals surface area (Å²) in [6.07, 6.45) is 5.67. The summed E-state index contributed by atoms with van der Waals surface area (Å²) in [4.78, 5) is 11.0. The fourth-order valence-electron chi connectivity index (χ4n) is 1.10. The Morgan fingerprint density at radius 2 is 2.00 bits per heavy atom. The van der Waals surface area contributed by atoms with Gasteiger partial charge in [0.2, 0.25) is 0 Å². The van der Waals surface area contributed by atoms with Gasteiger partial charge in [-0.1, -0.05) is 48.5 Å². The second-order valence-electron chi connectivity index (χ2n) is 3.07.